The Bertz CT molecular complexity index is 1380. The fraction of sp³-hybridized carbons (Fsp3) is 0.200. The van der Waals surface area contributed by atoms with E-state index in [0.29, 0.717) is 15.6 Å². The molecule has 2 amide bonds. The molecule has 0 unspecified atom stereocenters. The Hall–Kier alpha value is -2.49. The predicted molar refractivity (Wildman–Crippen MR) is 148 cm³/mol. The predicted octanol–water partition coefficient (Wildman–Crippen LogP) is 5.66. The van der Waals surface area contributed by atoms with Gasteiger partial charge in [-0.3, -0.25) is 13.9 Å². The normalized spacial score (nSPS) is 12.1. The van der Waals surface area contributed by atoms with Crippen LogP contribution in [0.25, 0.3) is 0 Å². The number of likely N-dealkylation sites (N-methyl/N-ethyl adjacent to an activating group) is 1. The monoisotopic (exact) mass is 601 g/mol. The molecule has 37 heavy (non-hydrogen) atoms. The molecule has 1 N–H and O–H groups in total. The topological polar surface area (TPSA) is 86.8 Å². The number of benzene rings is 3. The summed E-state index contributed by atoms with van der Waals surface area (Å²) in [6.45, 7) is 0.826. The van der Waals surface area contributed by atoms with Gasteiger partial charge in [0.2, 0.25) is 11.8 Å². The highest BCUT2D eigenvalue weighted by Crippen LogP contribution is 2.30. The van der Waals surface area contributed by atoms with Gasteiger partial charge in [0.05, 0.1) is 10.6 Å². The number of carbonyl (C=O) groups excluding carboxylic acids is 2. The minimum atomic E-state index is -4.23. The molecule has 7 nitrogen and oxygen atoms in total. The van der Waals surface area contributed by atoms with Crippen LogP contribution >= 0.6 is 46.4 Å². The van der Waals surface area contributed by atoms with Crippen LogP contribution in [0.5, 0.6) is 0 Å². The molecule has 3 aromatic carbocycles. The van der Waals surface area contributed by atoms with Crippen LogP contribution in [0.15, 0.2) is 71.6 Å². The molecule has 196 valence electrons. The average Bonchev–Trinajstić information content (AvgIpc) is 2.85. The number of carbonyl (C=O) groups is 2. The first-order chi connectivity index (χ1) is 17.4. The maximum Gasteiger partial charge on any atom is 0.264 e. The third kappa shape index (κ3) is 7.09. The van der Waals surface area contributed by atoms with Crippen molar-refractivity contribution >= 4 is 73.9 Å². The summed E-state index contributed by atoms with van der Waals surface area (Å²) in [7, 11) is -2.79. The van der Waals surface area contributed by atoms with E-state index in [1.807, 2.05) is 0 Å². The van der Waals surface area contributed by atoms with Crippen molar-refractivity contribution in [2.45, 2.75) is 24.4 Å². The fourth-order valence-electron chi connectivity index (χ4n) is 3.56. The second kappa shape index (κ2) is 12.4. The minimum absolute atomic E-state index is 0.0365. The molecule has 0 saturated heterocycles. The van der Waals surface area contributed by atoms with Gasteiger partial charge in [-0.25, -0.2) is 8.42 Å². The van der Waals surface area contributed by atoms with Crippen LogP contribution in [-0.4, -0.2) is 44.8 Å². The summed E-state index contributed by atoms with van der Waals surface area (Å²) >= 11 is 24.6. The van der Waals surface area contributed by atoms with Gasteiger partial charge in [0.25, 0.3) is 10.0 Å². The minimum Gasteiger partial charge on any atom is -0.357 e. The van der Waals surface area contributed by atoms with Crippen LogP contribution in [0.4, 0.5) is 5.69 Å². The molecule has 0 aliphatic heterocycles. The quantitative estimate of drug-likeness (QED) is 0.342. The van der Waals surface area contributed by atoms with Crippen molar-refractivity contribution in [3.05, 3.63) is 92.4 Å². The third-order valence-electron chi connectivity index (χ3n) is 5.51. The lowest BCUT2D eigenvalue weighted by Crippen LogP contribution is -2.50. The zero-order valence-electron chi connectivity index (χ0n) is 19.8. The Morgan fingerprint density at radius 2 is 1.51 bits per heavy atom. The van der Waals surface area contributed by atoms with Crippen molar-refractivity contribution in [3.63, 3.8) is 0 Å². The molecule has 0 aliphatic carbocycles. The van der Waals surface area contributed by atoms with E-state index in [4.69, 9.17) is 46.4 Å². The highest BCUT2D eigenvalue weighted by atomic mass is 35.5. The number of nitrogens with one attached hydrogen (secondary N) is 1. The first kappa shape index (κ1) is 29.1. The molecular formula is C25H23Cl4N3O4S. The molecule has 3 rings (SSSR count). The van der Waals surface area contributed by atoms with Gasteiger partial charge in [0.15, 0.2) is 0 Å². The molecule has 0 radical (unpaired) electrons. The molecule has 12 heteroatoms. The van der Waals surface area contributed by atoms with Gasteiger partial charge in [0, 0.05) is 33.7 Å². The maximum absolute atomic E-state index is 13.7. The number of hydrogen-bond acceptors (Lipinski definition) is 4. The van der Waals surface area contributed by atoms with Crippen molar-refractivity contribution in [2.75, 3.05) is 17.9 Å². The van der Waals surface area contributed by atoms with Crippen LogP contribution in [0.2, 0.25) is 20.1 Å². The number of sulfonamides is 1. The van der Waals surface area contributed by atoms with Gasteiger partial charge < -0.3 is 10.2 Å². The summed E-state index contributed by atoms with van der Waals surface area (Å²) in [4.78, 5) is 27.5. The Morgan fingerprint density at radius 3 is 2.08 bits per heavy atom. The summed E-state index contributed by atoms with van der Waals surface area (Å²) in [5, 5.41) is 3.59. The summed E-state index contributed by atoms with van der Waals surface area (Å²) in [6, 6.07) is 15.7. The molecular weight excluding hydrogens is 580 g/mol. The van der Waals surface area contributed by atoms with Crippen LogP contribution in [0, 0.1) is 0 Å². The average molecular weight is 603 g/mol. The van der Waals surface area contributed by atoms with Crippen LogP contribution in [-0.2, 0) is 26.2 Å². The zero-order chi connectivity index (χ0) is 27.3. The summed E-state index contributed by atoms with van der Waals surface area (Å²) in [5.41, 5.74) is 0.616. The summed E-state index contributed by atoms with van der Waals surface area (Å²) in [6.07, 6.45) is 0. The number of amides is 2. The van der Waals surface area contributed by atoms with E-state index in [2.05, 4.69) is 5.32 Å². The smallest absolute Gasteiger partial charge is 0.264 e. The Balaban J connectivity index is 2.07. The Morgan fingerprint density at radius 1 is 0.892 bits per heavy atom. The van der Waals surface area contributed by atoms with E-state index in [9.17, 15) is 18.0 Å². The van der Waals surface area contributed by atoms with Gasteiger partial charge in [-0.15, -0.1) is 0 Å². The van der Waals surface area contributed by atoms with Crippen LogP contribution in [0.3, 0.4) is 0 Å². The highest BCUT2D eigenvalue weighted by molar-refractivity contribution is 7.92. The van der Waals surface area contributed by atoms with E-state index in [1.165, 1.54) is 55.3 Å². The van der Waals surface area contributed by atoms with Gasteiger partial charge in [0.1, 0.15) is 12.6 Å². The first-order valence-electron chi connectivity index (χ1n) is 10.9. The highest BCUT2D eigenvalue weighted by Gasteiger charge is 2.32. The standard InChI is InChI=1S/C25H23Cl4N3O4S/c1-16(25(34)30-2)31(14-17-8-9-18(26)13-23(17)29)24(33)15-32(21-11-19(27)10-20(28)12-21)37(35,36)22-6-4-3-5-7-22/h3-13,16H,14-15H2,1-2H3,(H,30,34)/t16-/m0/s1. The fourth-order valence-corrected chi connectivity index (χ4v) is 5.96. The van der Waals surface area contributed by atoms with Crippen molar-refractivity contribution in [3.8, 4) is 0 Å². The van der Waals surface area contributed by atoms with E-state index >= 15 is 0 Å². The van der Waals surface area contributed by atoms with E-state index < -0.39 is 34.4 Å². The summed E-state index contributed by atoms with van der Waals surface area (Å²) < 4.78 is 28.3. The Labute approximate surface area is 235 Å². The van der Waals surface area contributed by atoms with Gasteiger partial charge >= 0.3 is 0 Å². The van der Waals surface area contributed by atoms with Crippen molar-refractivity contribution < 1.29 is 18.0 Å². The third-order valence-corrected chi connectivity index (χ3v) is 8.33. The van der Waals surface area contributed by atoms with Gasteiger partial charge in [-0.05, 0) is 55.0 Å². The lowest BCUT2D eigenvalue weighted by atomic mass is 10.1. The second-order valence-corrected chi connectivity index (χ2v) is 11.6. The number of halogens is 4. The van der Waals surface area contributed by atoms with Crippen molar-refractivity contribution in [2.24, 2.45) is 0 Å². The molecule has 0 heterocycles. The largest absolute Gasteiger partial charge is 0.357 e. The lowest BCUT2D eigenvalue weighted by molar-refractivity contribution is -0.139. The summed E-state index contributed by atoms with van der Waals surface area (Å²) in [5.74, 6) is -1.10. The molecule has 0 bridgehead atoms. The lowest BCUT2D eigenvalue weighted by Gasteiger charge is -2.32. The first-order valence-corrected chi connectivity index (χ1v) is 13.9. The van der Waals surface area contributed by atoms with Crippen LogP contribution < -0.4 is 9.62 Å². The molecule has 3 aromatic rings. The molecule has 0 aliphatic rings. The Kier molecular flexibility index (Phi) is 9.72. The maximum atomic E-state index is 13.7. The number of anilines is 1. The molecule has 0 saturated carbocycles. The zero-order valence-corrected chi connectivity index (χ0v) is 23.6. The van der Waals surface area contributed by atoms with Crippen LogP contribution in [0.1, 0.15) is 12.5 Å². The SMILES string of the molecule is CNC(=O)[C@H](C)N(Cc1ccc(Cl)cc1Cl)C(=O)CN(c1cc(Cl)cc(Cl)c1)S(=O)(=O)c1ccccc1. The van der Waals surface area contributed by atoms with Gasteiger partial charge in [-0.2, -0.15) is 0 Å². The number of nitrogens with zero attached hydrogens (tertiary/aromatic N) is 2. The second-order valence-electron chi connectivity index (χ2n) is 8.00. The molecule has 0 fully saturated rings. The van der Waals surface area contributed by atoms with Crippen molar-refractivity contribution in [1.29, 1.82) is 0 Å². The molecule has 0 aromatic heterocycles. The molecule has 0 spiro atoms. The molecule has 1 atom stereocenters. The number of rotatable bonds is 9. The van der Waals surface area contributed by atoms with E-state index in [0.717, 1.165) is 4.31 Å². The number of hydrogen-bond donors (Lipinski definition) is 1. The van der Waals surface area contributed by atoms with Crippen molar-refractivity contribution in [1.82, 2.24) is 10.2 Å². The van der Waals surface area contributed by atoms with E-state index in [-0.39, 0.29) is 27.2 Å². The van der Waals surface area contributed by atoms with E-state index in [1.54, 1.807) is 30.3 Å². The van der Waals surface area contributed by atoms with Gasteiger partial charge in [-0.1, -0.05) is 70.7 Å².